The molecular formula is C29H32N2O8. The summed E-state index contributed by atoms with van der Waals surface area (Å²) in [5, 5.41) is 0. The van der Waals surface area contributed by atoms with E-state index in [9.17, 15) is 24.0 Å². The van der Waals surface area contributed by atoms with Crippen LogP contribution in [0.4, 0.5) is 0 Å². The van der Waals surface area contributed by atoms with Crippen LogP contribution in [-0.4, -0.2) is 40.7 Å². The van der Waals surface area contributed by atoms with Gasteiger partial charge in [0.2, 0.25) is 5.88 Å². The number of nitrogens with zero attached hydrogens (tertiary/aromatic N) is 1. The van der Waals surface area contributed by atoms with Gasteiger partial charge in [0.1, 0.15) is 18.8 Å². The third-order valence-electron chi connectivity index (χ3n) is 6.16. The van der Waals surface area contributed by atoms with Crippen LogP contribution < -0.4 is 16.0 Å². The molecule has 3 aromatic rings. The lowest BCUT2D eigenvalue weighted by atomic mass is 9.91. The number of H-pyrrole nitrogens is 1. The molecule has 0 aliphatic carbocycles. The first-order chi connectivity index (χ1) is 18.6. The fraction of sp³-hybridized carbons (Fsp3) is 0.345. The SMILES string of the molecule is CCC(C)(C)C(=O)OCCOC(=O)CCC(=O)Oc1[nH]c(=O)n(Cc2ccccc2)c(=O)c1-c1ccccc1. The predicted octanol–water partition coefficient (Wildman–Crippen LogP) is 3.46. The van der Waals surface area contributed by atoms with Crippen LogP contribution in [0.1, 0.15) is 45.6 Å². The molecule has 2 aromatic carbocycles. The summed E-state index contributed by atoms with van der Waals surface area (Å²) in [6, 6.07) is 17.5. The van der Waals surface area contributed by atoms with Crippen molar-refractivity contribution < 1.29 is 28.6 Å². The second-order valence-corrected chi connectivity index (χ2v) is 9.45. The van der Waals surface area contributed by atoms with Gasteiger partial charge in [0.15, 0.2) is 0 Å². The number of rotatable bonds is 12. The molecule has 0 amide bonds. The average Bonchev–Trinajstić information content (AvgIpc) is 2.93. The zero-order valence-corrected chi connectivity index (χ0v) is 22.2. The highest BCUT2D eigenvalue weighted by molar-refractivity contribution is 5.80. The van der Waals surface area contributed by atoms with Gasteiger partial charge in [0, 0.05) is 0 Å². The monoisotopic (exact) mass is 536 g/mol. The number of benzene rings is 2. The van der Waals surface area contributed by atoms with Crippen molar-refractivity contribution in [2.45, 2.75) is 46.6 Å². The van der Waals surface area contributed by atoms with Crippen LogP contribution in [0.15, 0.2) is 70.3 Å². The first-order valence-electron chi connectivity index (χ1n) is 12.6. The molecule has 1 N–H and O–H groups in total. The summed E-state index contributed by atoms with van der Waals surface area (Å²) in [6.07, 6.45) is -0.0542. The lowest BCUT2D eigenvalue weighted by Crippen LogP contribution is -2.37. The maximum Gasteiger partial charge on any atom is 0.331 e. The standard InChI is InChI=1S/C29H32N2O8/c1-4-29(2,3)27(35)38-18-17-37-22(32)15-16-23(33)39-25-24(21-13-9-6-10-14-21)26(34)31(28(36)30-25)19-20-11-7-5-8-12-20/h5-14H,4,15-19H2,1-3H3,(H,30,36). The molecule has 0 aliphatic rings. The van der Waals surface area contributed by atoms with Crippen molar-refractivity contribution in [3.8, 4) is 17.0 Å². The van der Waals surface area contributed by atoms with Crippen molar-refractivity contribution in [1.29, 1.82) is 0 Å². The third-order valence-corrected chi connectivity index (χ3v) is 6.16. The van der Waals surface area contributed by atoms with Gasteiger partial charge in [-0.1, -0.05) is 67.6 Å². The largest absolute Gasteiger partial charge is 0.462 e. The molecule has 3 rings (SSSR count). The van der Waals surface area contributed by atoms with E-state index < -0.39 is 34.6 Å². The molecule has 0 radical (unpaired) electrons. The van der Waals surface area contributed by atoms with Crippen molar-refractivity contribution in [1.82, 2.24) is 9.55 Å². The topological polar surface area (TPSA) is 134 Å². The highest BCUT2D eigenvalue weighted by Crippen LogP contribution is 2.24. The molecule has 0 bridgehead atoms. The molecule has 0 atom stereocenters. The van der Waals surface area contributed by atoms with Gasteiger partial charge >= 0.3 is 23.6 Å². The van der Waals surface area contributed by atoms with Gasteiger partial charge in [0.25, 0.3) is 5.56 Å². The number of aromatic amines is 1. The van der Waals surface area contributed by atoms with Crippen LogP contribution in [0.5, 0.6) is 5.88 Å². The molecule has 10 nitrogen and oxygen atoms in total. The Morgan fingerprint density at radius 2 is 1.44 bits per heavy atom. The van der Waals surface area contributed by atoms with Crippen LogP contribution in [0, 0.1) is 5.41 Å². The average molecular weight is 537 g/mol. The van der Waals surface area contributed by atoms with E-state index in [0.717, 1.165) is 10.1 Å². The Hall–Kier alpha value is -4.47. The zero-order chi connectivity index (χ0) is 28.4. The molecule has 10 heteroatoms. The van der Waals surface area contributed by atoms with E-state index in [-0.39, 0.29) is 44.0 Å². The minimum absolute atomic E-state index is 0.0128. The Kier molecular flexibility index (Phi) is 9.97. The van der Waals surface area contributed by atoms with Crippen molar-refractivity contribution in [3.05, 3.63) is 87.1 Å². The molecular weight excluding hydrogens is 504 g/mol. The van der Waals surface area contributed by atoms with Crippen molar-refractivity contribution in [3.63, 3.8) is 0 Å². The number of carbonyl (C=O) groups excluding carboxylic acids is 3. The van der Waals surface area contributed by atoms with Gasteiger partial charge in [-0.3, -0.25) is 28.7 Å². The van der Waals surface area contributed by atoms with Gasteiger partial charge in [-0.25, -0.2) is 4.79 Å². The summed E-state index contributed by atoms with van der Waals surface area (Å²) in [5.41, 5.74) is -0.794. The lowest BCUT2D eigenvalue weighted by Gasteiger charge is -2.20. The molecule has 1 heterocycles. The van der Waals surface area contributed by atoms with E-state index in [4.69, 9.17) is 14.2 Å². The number of esters is 3. The Balaban J connectivity index is 1.66. The summed E-state index contributed by atoms with van der Waals surface area (Å²) in [4.78, 5) is 65.2. The summed E-state index contributed by atoms with van der Waals surface area (Å²) in [6.45, 7) is 5.17. The Bertz CT molecular complexity index is 1410. The molecule has 0 saturated heterocycles. The normalized spacial score (nSPS) is 11.1. The molecule has 0 unspecified atom stereocenters. The number of hydrogen-bond donors (Lipinski definition) is 1. The van der Waals surface area contributed by atoms with Crippen LogP contribution in [0.25, 0.3) is 11.1 Å². The van der Waals surface area contributed by atoms with E-state index in [2.05, 4.69) is 4.98 Å². The lowest BCUT2D eigenvalue weighted by molar-refractivity contribution is -0.159. The van der Waals surface area contributed by atoms with Gasteiger partial charge in [-0.05, 0) is 31.4 Å². The number of hydrogen-bond acceptors (Lipinski definition) is 8. The van der Waals surface area contributed by atoms with Crippen LogP contribution in [-0.2, 0) is 30.4 Å². The summed E-state index contributed by atoms with van der Waals surface area (Å²) in [5.74, 6) is -2.22. The molecule has 1 aromatic heterocycles. The van der Waals surface area contributed by atoms with E-state index in [1.54, 1.807) is 68.4 Å². The number of carbonyl (C=O) groups is 3. The summed E-state index contributed by atoms with van der Waals surface area (Å²) < 4.78 is 16.5. The van der Waals surface area contributed by atoms with E-state index in [1.807, 2.05) is 13.0 Å². The maximum atomic E-state index is 13.4. The van der Waals surface area contributed by atoms with E-state index in [1.165, 1.54) is 0 Å². The van der Waals surface area contributed by atoms with Gasteiger partial charge in [-0.15, -0.1) is 0 Å². The molecule has 39 heavy (non-hydrogen) atoms. The summed E-state index contributed by atoms with van der Waals surface area (Å²) >= 11 is 0. The number of aromatic nitrogens is 2. The van der Waals surface area contributed by atoms with Crippen LogP contribution in [0.2, 0.25) is 0 Å². The Morgan fingerprint density at radius 1 is 0.846 bits per heavy atom. The highest BCUT2D eigenvalue weighted by Gasteiger charge is 2.27. The Morgan fingerprint density at radius 3 is 2.08 bits per heavy atom. The second kappa shape index (κ2) is 13.4. The third kappa shape index (κ3) is 8.00. The first kappa shape index (κ1) is 29.1. The quantitative estimate of drug-likeness (QED) is 0.275. The van der Waals surface area contributed by atoms with Crippen LogP contribution >= 0.6 is 0 Å². The highest BCUT2D eigenvalue weighted by atomic mass is 16.6. The number of ether oxygens (including phenoxy) is 3. The van der Waals surface area contributed by atoms with Crippen molar-refractivity contribution in [2.24, 2.45) is 5.41 Å². The fourth-order valence-electron chi connectivity index (χ4n) is 3.47. The summed E-state index contributed by atoms with van der Waals surface area (Å²) in [7, 11) is 0. The van der Waals surface area contributed by atoms with Gasteiger partial charge < -0.3 is 14.2 Å². The molecule has 0 fully saturated rings. The molecule has 0 aliphatic heterocycles. The minimum atomic E-state index is -0.837. The minimum Gasteiger partial charge on any atom is -0.462 e. The van der Waals surface area contributed by atoms with E-state index >= 15 is 0 Å². The molecule has 0 saturated carbocycles. The molecule has 206 valence electrons. The molecule has 0 spiro atoms. The Labute approximate surface area is 225 Å². The van der Waals surface area contributed by atoms with E-state index in [0.29, 0.717) is 12.0 Å². The van der Waals surface area contributed by atoms with Gasteiger partial charge in [-0.2, -0.15) is 0 Å². The van der Waals surface area contributed by atoms with Crippen molar-refractivity contribution >= 4 is 17.9 Å². The van der Waals surface area contributed by atoms with Crippen molar-refractivity contribution in [2.75, 3.05) is 13.2 Å². The second-order valence-electron chi connectivity index (χ2n) is 9.45. The van der Waals surface area contributed by atoms with Gasteiger partial charge in [0.05, 0.1) is 24.8 Å². The number of nitrogens with one attached hydrogen (secondary N) is 1. The first-order valence-corrected chi connectivity index (χ1v) is 12.6. The van der Waals surface area contributed by atoms with Crippen LogP contribution in [0.3, 0.4) is 0 Å². The zero-order valence-electron chi connectivity index (χ0n) is 22.2. The smallest absolute Gasteiger partial charge is 0.331 e. The fourth-order valence-corrected chi connectivity index (χ4v) is 3.47. The maximum absolute atomic E-state index is 13.4. The predicted molar refractivity (Wildman–Crippen MR) is 143 cm³/mol.